The molecule has 1 fully saturated rings. The van der Waals surface area contributed by atoms with E-state index in [0.717, 1.165) is 31.6 Å². The highest BCUT2D eigenvalue weighted by Crippen LogP contribution is 2.27. The molecule has 0 radical (unpaired) electrons. The number of hydrogen-bond acceptors (Lipinski definition) is 8. The number of carboxylic acid groups (broad SMARTS) is 1. The van der Waals surface area contributed by atoms with Crippen LogP contribution in [-0.4, -0.2) is 56.6 Å². The van der Waals surface area contributed by atoms with E-state index in [9.17, 15) is 24.8 Å². The van der Waals surface area contributed by atoms with E-state index < -0.39 is 23.3 Å². The van der Waals surface area contributed by atoms with Crippen molar-refractivity contribution >= 4 is 23.3 Å². The number of anilines is 1. The van der Waals surface area contributed by atoms with Crippen molar-refractivity contribution in [3.8, 4) is 5.75 Å². The van der Waals surface area contributed by atoms with Crippen LogP contribution < -0.4 is 10.2 Å². The summed E-state index contributed by atoms with van der Waals surface area (Å²) in [7, 11) is 0. The van der Waals surface area contributed by atoms with Gasteiger partial charge in [0.25, 0.3) is 11.6 Å². The highest BCUT2D eigenvalue weighted by molar-refractivity contribution is 5.96. The Morgan fingerprint density at radius 2 is 1.87 bits per heavy atom. The second-order valence-electron chi connectivity index (χ2n) is 7.41. The summed E-state index contributed by atoms with van der Waals surface area (Å²) in [6, 6.07) is 6.47. The quantitative estimate of drug-likeness (QED) is 0.439. The van der Waals surface area contributed by atoms with Crippen molar-refractivity contribution in [1.29, 1.82) is 0 Å². The molecular weight excluding hydrogens is 406 g/mol. The van der Waals surface area contributed by atoms with Gasteiger partial charge in [-0.25, -0.2) is 9.97 Å². The molecule has 0 aliphatic carbocycles. The van der Waals surface area contributed by atoms with E-state index in [4.69, 9.17) is 5.11 Å². The molecule has 164 valence electrons. The number of rotatable bonds is 7. The van der Waals surface area contributed by atoms with Crippen molar-refractivity contribution in [2.75, 3.05) is 24.5 Å². The third kappa shape index (κ3) is 5.44. The predicted octanol–water partition coefficient (Wildman–Crippen LogP) is 1.67. The summed E-state index contributed by atoms with van der Waals surface area (Å²) in [6.45, 7) is 2.53. The zero-order valence-corrected chi connectivity index (χ0v) is 16.9. The summed E-state index contributed by atoms with van der Waals surface area (Å²) in [4.78, 5) is 43.8. The smallest absolute Gasteiger partial charge is 0.322 e. The molecule has 0 atom stereocenters. The molecule has 31 heavy (non-hydrogen) atoms. The molecule has 11 heteroatoms. The Kier molecular flexibility index (Phi) is 6.63. The van der Waals surface area contributed by atoms with E-state index in [1.807, 2.05) is 0 Å². The highest BCUT2D eigenvalue weighted by atomic mass is 16.6. The molecule has 11 nitrogen and oxygen atoms in total. The number of aromatic hydroxyl groups is 1. The number of nitro benzene ring substituents is 1. The van der Waals surface area contributed by atoms with E-state index in [1.54, 1.807) is 19.1 Å². The number of carbonyl (C=O) groups is 2. The van der Waals surface area contributed by atoms with Crippen molar-refractivity contribution in [2.45, 2.75) is 26.2 Å². The number of piperidine rings is 1. The fourth-order valence-electron chi connectivity index (χ4n) is 3.55. The molecule has 1 aromatic heterocycles. The van der Waals surface area contributed by atoms with Crippen molar-refractivity contribution in [2.24, 2.45) is 5.92 Å². The number of nitro groups is 1. The van der Waals surface area contributed by atoms with Gasteiger partial charge in [0.15, 0.2) is 11.4 Å². The molecule has 2 aromatic rings. The predicted molar refractivity (Wildman–Crippen MR) is 110 cm³/mol. The first-order valence-electron chi connectivity index (χ1n) is 9.80. The lowest BCUT2D eigenvalue weighted by atomic mass is 9.92. The van der Waals surface area contributed by atoms with Crippen LogP contribution in [0.1, 0.15) is 34.8 Å². The van der Waals surface area contributed by atoms with Gasteiger partial charge in [-0.1, -0.05) is 0 Å². The van der Waals surface area contributed by atoms with Crippen molar-refractivity contribution in [1.82, 2.24) is 15.3 Å². The van der Waals surface area contributed by atoms with Crippen LogP contribution in [0.2, 0.25) is 0 Å². The maximum absolute atomic E-state index is 12.2. The molecule has 1 aliphatic heterocycles. The highest BCUT2D eigenvalue weighted by Gasteiger charge is 2.24. The van der Waals surface area contributed by atoms with Gasteiger partial charge in [-0.2, -0.15) is 0 Å². The lowest BCUT2D eigenvalue weighted by Crippen LogP contribution is -2.34. The van der Waals surface area contributed by atoms with Crippen LogP contribution in [-0.2, 0) is 11.2 Å². The molecule has 0 unspecified atom stereocenters. The van der Waals surface area contributed by atoms with Crippen LogP contribution in [0.3, 0.4) is 0 Å². The molecule has 0 spiro atoms. The summed E-state index contributed by atoms with van der Waals surface area (Å²) < 4.78 is 0. The Labute approximate surface area is 177 Å². The summed E-state index contributed by atoms with van der Waals surface area (Å²) in [5, 5.41) is 31.8. The van der Waals surface area contributed by atoms with Crippen LogP contribution in [0.5, 0.6) is 5.75 Å². The van der Waals surface area contributed by atoms with Gasteiger partial charge in [0.2, 0.25) is 0 Å². The lowest BCUT2D eigenvalue weighted by Gasteiger charge is -2.33. The van der Waals surface area contributed by atoms with Gasteiger partial charge in [-0.15, -0.1) is 0 Å². The minimum absolute atomic E-state index is 0.0571. The molecule has 1 amide bonds. The Morgan fingerprint density at radius 1 is 1.23 bits per heavy atom. The Balaban J connectivity index is 1.62. The van der Waals surface area contributed by atoms with E-state index in [-0.39, 0.29) is 28.7 Å². The van der Waals surface area contributed by atoms with E-state index in [1.165, 1.54) is 12.1 Å². The number of benzene rings is 1. The zero-order chi connectivity index (χ0) is 22.5. The molecule has 3 rings (SSSR count). The fourth-order valence-corrected chi connectivity index (χ4v) is 3.55. The topological polar surface area (TPSA) is 159 Å². The molecule has 2 heterocycles. The zero-order valence-electron chi connectivity index (χ0n) is 16.9. The molecule has 3 N–H and O–H groups in total. The largest absolute Gasteiger partial charge is 0.504 e. The van der Waals surface area contributed by atoms with Crippen LogP contribution in [0, 0.1) is 23.0 Å². The van der Waals surface area contributed by atoms with Gasteiger partial charge in [-0.05, 0) is 37.8 Å². The maximum atomic E-state index is 12.2. The number of nitrogens with one attached hydrogen (secondary N) is 1. The number of carbonyl (C=O) groups excluding carboxylic acids is 1. The Morgan fingerprint density at radius 3 is 2.45 bits per heavy atom. The standard InChI is InChI=1S/C20H23N5O6/c1-12-19(28)18(20(29)21-11-17(26)27)23-16(22-12)10-13-6-8-24(9-7-13)14-2-4-15(5-3-14)25(30)31/h2-5,13,28H,6-11H2,1H3,(H,21,29)(H,26,27). The van der Waals surface area contributed by atoms with Crippen molar-refractivity contribution in [3.63, 3.8) is 0 Å². The fraction of sp³-hybridized carbons (Fsp3) is 0.400. The number of carboxylic acids is 1. The summed E-state index contributed by atoms with van der Waals surface area (Å²) in [5.74, 6) is -1.63. The van der Waals surface area contributed by atoms with Gasteiger partial charge >= 0.3 is 5.97 Å². The third-order valence-corrected chi connectivity index (χ3v) is 5.23. The van der Waals surface area contributed by atoms with Gasteiger partial charge < -0.3 is 20.4 Å². The average molecular weight is 429 g/mol. The monoisotopic (exact) mass is 429 g/mol. The first-order chi connectivity index (χ1) is 14.7. The van der Waals surface area contributed by atoms with E-state index in [0.29, 0.717) is 12.2 Å². The molecule has 1 aromatic carbocycles. The second kappa shape index (κ2) is 9.37. The molecule has 0 saturated carbocycles. The first-order valence-corrected chi connectivity index (χ1v) is 9.80. The molecular formula is C20H23N5O6. The van der Waals surface area contributed by atoms with Crippen molar-refractivity contribution in [3.05, 3.63) is 51.6 Å². The second-order valence-corrected chi connectivity index (χ2v) is 7.41. The van der Waals surface area contributed by atoms with Gasteiger partial charge in [0.1, 0.15) is 12.4 Å². The number of aryl methyl sites for hydroxylation is 1. The summed E-state index contributed by atoms with van der Waals surface area (Å²) >= 11 is 0. The van der Waals surface area contributed by atoms with Gasteiger partial charge in [0, 0.05) is 37.3 Å². The number of non-ortho nitro benzene ring substituents is 1. The number of aromatic nitrogens is 2. The average Bonchev–Trinajstić information content (AvgIpc) is 2.75. The minimum Gasteiger partial charge on any atom is -0.504 e. The number of amides is 1. The third-order valence-electron chi connectivity index (χ3n) is 5.23. The number of aliphatic carboxylic acids is 1. The van der Waals surface area contributed by atoms with Crippen LogP contribution in [0.25, 0.3) is 0 Å². The molecule has 0 bridgehead atoms. The SMILES string of the molecule is Cc1nc(CC2CCN(c3ccc([N+](=O)[O-])cc3)CC2)nc(C(=O)NCC(=O)O)c1O. The normalized spacial score (nSPS) is 14.3. The Hall–Kier alpha value is -3.76. The Bertz CT molecular complexity index is 986. The van der Waals surface area contributed by atoms with Crippen molar-refractivity contribution < 1.29 is 24.7 Å². The molecule has 1 saturated heterocycles. The van der Waals surface area contributed by atoms with E-state index in [2.05, 4.69) is 20.2 Å². The molecule has 1 aliphatic rings. The van der Waals surface area contributed by atoms with Crippen LogP contribution in [0.4, 0.5) is 11.4 Å². The van der Waals surface area contributed by atoms with Crippen LogP contribution in [0.15, 0.2) is 24.3 Å². The maximum Gasteiger partial charge on any atom is 0.322 e. The number of nitrogens with zero attached hydrogens (tertiary/aromatic N) is 4. The van der Waals surface area contributed by atoms with Crippen LogP contribution >= 0.6 is 0 Å². The van der Waals surface area contributed by atoms with Gasteiger partial charge in [0.05, 0.1) is 10.6 Å². The number of hydrogen-bond donors (Lipinski definition) is 3. The van der Waals surface area contributed by atoms with E-state index >= 15 is 0 Å². The lowest BCUT2D eigenvalue weighted by molar-refractivity contribution is -0.384. The first kappa shape index (κ1) is 21.9. The summed E-state index contributed by atoms with van der Waals surface area (Å²) in [6.07, 6.45) is 2.22. The minimum atomic E-state index is -1.20. The van der Waals surface area contributed by atoms with Gasteiger partial charge in [-0.3, -0.25) is 19.7 Å². The summed E-state index contributed by atoms with van der Waals surface area (Å²) in [5.41, 5.74) is 1.01.